The molecule has 0 bridgehead atoms. The van der Waals surface area contributed by atoms with Crippen LogP contribution in [0.2, 0.25) is 0 Å². The number of rotatable bonds is 2. The first-order valence-electron chi connectivity index (χ1n) is 8.83. The first-order valence-corrected chi connectivity index (χ1v) is 8.83. The third-order valence-electron chi connectivity index (χ3n) is 5.32. The molecule has 0 radical (unpaired) electrons. The number of fused-ring (bicyclic) bond motifs is 6. The smallest absolute Gasteiger partial charge is 0.339 e. The standard InChI is InChI=1S/C21H20N4O2/c1-5-27-21(26)15-9-18-14-7-6-8-17(23)19(14)25-12(3)11(2)16(10-22)20(25)24(18)13(15)4/h6-9H,5,23H2,1-4H3. The van der Waals surface area contributed by atoms with Crippen LogP contribution in [0.1, 0.15) is 39.8 Å². The molecule has 2 N–H and O–H groups in total. The molecule has 0 saturated heterocycles. The third kappa shape index (κ3) is 2.08. The first-order chi connectivity index (χ1) is 12.9. The van der Waals surface area contributed by atoms with Crippen molar-refractivity contribution in [2.75, 3.05) is 12.3 Å². The fraction of sp³-hybridized carbons (Fsp3) is 0.238. The van der Waals surface area contributed by atoms with Gasteiger partial charge in [0.15, 0.2) is 0 Å². The Morgan fingerprint density at radius 2 is 1.96 bits per heavy atom. The molecule has 27 heavy (non-hydrogen) atoms. The van der Waals surface area contributed by atoms with Gasteiger partial charge in [0.2, 0.25) is 0 Å². The Balaban J connectivity index is 2.36. The zero-order valence-corrected chi connectivity index (χ0v) is 15.8. The highest BCUT2D eigenvalue weighted by atomic mass is 16.5. The second-order valence-corrected chi connectivity index (χ2v) is 6.68. The number of nitriles is 1. The van der Waals surface area contributed by atoms with Crippen LogP contribution in [0.15, 0.2) is 24.3 Å². The number of esters is 1. The zero-order chi connectivity index (χ0) is 19.5. The zero-order valence-electron chi connectivity index (χ0n) is 15.8. The molecule has 0 aliphatic rings. The minimum Gasteiger partial charge on any atom is -0.462 e. The SMILES string of the molecule is CCOC(=O)c1cc2c3cccc(N)c3n3c(C)c(C)c(C#N)c3n2c1C. The van der Waals surface area contributed by atoms with Crippen LogP contribution in [-0.4, -0.2) is 21.4 Å². The fourth-order valence-corrected chi connectivity index (χ4v) is 3.92. The second-order valence-electron chi connectivity index (χ2n) is 6.68. The van der Waals surface area contributed by atoms with Crippen molar-refractivity contribution in [2.24, 2.45) is 0 Å². The summed E-state index contributed by atoms with van der Waals surface area (Å²) in [6.07, 6.45) is 0. The van der Waals surface area contributed by atoms with Crippen molar-refractivity contribution in [1.82, 2.24) is 8.80 Å². The van der Waals surface area contributed by atoms with Gasteiger partial charge in [-0.05, 0) is 45.4 Å². The molecule has 4 aromatic rings. The minimum absolute atomic E-state index is 0.306. The van der Waals surface area contributed by atoms with Gasteiger partial charge in [-0.15, -0.1) is 0 Å². The van der Waals surface area contributed by atoms with Crippen molar-refractivity contribution in [3.8, 4) is 6.07 Å². The molecule has 0 saturated carbocycles. The largest absolute Gasteiger partial charge is 0.462 e. The second kappa shape index (κ2) is 5.78. The average Bonchev–Trinajstić information content (AvgIpc) is 3.11. The lowest BCUT2D eigenvalue weighted by Crippen LogP contribution is -2.06. The van der Waals surface area contributed by atoms with Gasteiger partial charge in [-0.2, -0.15) is 5.26 Å². The van der Waals surface area contributed by atoms with Gasteiger partial charge in [-0.3, -0.25) is 8.80 Å². The van der Waals surface area contributed by atoms with Gasteiger partial charge >= 0.3 is 5.97 Å². The normalized spacial score (nSPS) is 11.4. The summed E-state index contributed by atoms with van der Waals surface area (Å²) < 4.78 is 9.21. The highest BCUT2D eigenvalue weighted by Crippen LogP contribution is 2.35. The lowest BCUT2D eigenvalue weighted by atomic mass is 10.1. The van der Waals surface area contributed by atoms with Gasteiger partial charge < -0.3 is 10.5 Å². The maximum absolute atomic E-state index is 12.5. The number of carbonyl (C=O) groups is 1. The van der Waals surface area contributed by atoms with Crippen LogP contribution in [0.3, 0.4) is 0 Å². The van der Waals surface area contributed by atoms with Crippen molar-refractivity contribution in [2.45, 2.75) is 27.7 Å². The molecular weight excluding hydrogens is 340 g/mol. The molecule has 3 heterocycles. The minimum atomic E-state index is -0.368. The number of hydrogen-bond donors (Lipinski definition) is 1. The summed E-state index contributed by atoms with van der Waals surface area (Å²) in [7, 11) is 0. The molecular formula is C21H20N4O2. The van der Waals surface area contributed by atoms with E-state index in [1.807, 2.05) is 53.8 Å². The van der Waals surface area contributed by atoms with E-state index in [1.165, 1.54) is 0 Å². The number of ether oxygens (including phenoxy) is 1. The Hall–Kier alpha value is -3.46. The molecule has 3 aromatic heterocycles. The number of aromatic nitrogens is 2. The van der Waals surface area contributed by atoms with Crippen molar-refractivity contribution in [3.05, 3.63) is 52.3 Å². The van der Waals surface area contributed by atoms with Crippen LogP contribution >= 0.6 is 0 Å². The Labute approximate surface area is 156 Å². The van der Waals surface area contributed by atoms with Crippen LogP contribution in [0.5, 0.6) is 0 Å². The van der Waals surface area contributed by atoms with E-state index in [4.69, 9.17) is 10.5 Å². The fourth-order valence-electron chi connectivity index (χ4n) is 3.92. The van der Waals surface area contributed by atoms with E-state index in [9.17, 15) is 10.1 Å². The number of para-hydroxylation sites is 1. The summed E-state index contributed by atoms with van der Waals surface area (Å²) in [5, 5.41) is 10.7. The summed E-state index contributed by atoms with van der Waals surface area (Å²) in [6.45, 7) is 7.87. The Morgan fingerprint density at radius 3 is 2.63 bits per heavy atom. The molecule has 0 atom stereocenters. The molecule has 0 spiro atoms. The van der Waals surface area contributed by atoms with E-state index in [0.29, 0.717) is 23.4 Å². The predicted octanol–water partition coefficient (Wildman–Crippen LogP) is 3.90. The van der Waals surface area contributed by atoms with Crippen molar-refractivity contribution in [3.63, 3.8) is 0 Å². The molecule has 136 valence electrons. The molecule has 0 aliphatic carbocycles. The van der Waals surface area contributed by atoms with Crippen molar-refractivity contribution in [1.29, 1.82) is 5.26 Å². The number of nitrogens with zero attached hydrogens (tertiary/aromatic N) is 3. The summed E-state index contributed by atoms with van der Waals surface area (Å²) in [6, 6.07) is 9.88. The summed E-state index contributed by atoms with van der Waals surface area (Å²) >= 11 is 0. The van der Waals surface area contributed by atoms with Crippen LogP contribution in [-0.2, 0) is 4.74 Å². The monoisotopic (exact) mass is 360 g/mol. The average molecular weight is 360 g/mol. The Bertz CT molecular complexity index is 1300. The highest BCUT2D eigenvalue weighted by Gasteiger charge is 2.24. The van der Waals surface area contributed by atoms with Crippen LogP contribution in [0.4, 0.5) is 5.69 Å². The number of hydrogen-bond acceptors (Lipinski definition) is 4. The van der Waals surface area contributed by atoms with E-state index in [0.717, 1.165) is 39.0 Å². The molecule has 6 heteroatoms. The molecule has 4 rings (SSSR count). The van der Waals surface area contributed by atoms with Gasteiger partial charge in [0.05, 0.1) is 34.5 Å². The molecule has 1 aromatic carbocycles. The lowest BCUT2D eigenvalue weighted by molar-refractivity contribution is 0.0525. The van der Waals surface area contributed by atoms with Gasteiger partial charge in [0, 0.05) is 16.8 Å². The Kier molecular flexibility index (Phi) is 3.63. The third-order valence-corrected chi connectivity index (χ3v) is 5.32. The number of carbonyl (C=O) groups excluding carboxylic acids is 1. The maximum atomic E-state index is 12.5. The molecule has 0 unspecified atom stereocenters. The van der Waals surface area contributed by atoms with E-state index in [1.54, 1.807) is 6.92 Å². The van der Waals surface area contributed by atoms with Gasteiger partial charge in [0.1, 0.15) is 11.7 Å². The van der Waals surface area contributed by atoms with Gasteiger partial charge in [-0.1, -0.05) is 12.1 Å². The molecule has 0 aliphatic heterocycles. The van der Waals surface area contributed by atoms with Crippen molar-refractivity contribution >= 4 is 33.7 Å². The number of anilines is 1. The number of aryl methyl sites for hydroxylation is 2. The lowest BCUT2D eigenvalue weighted by Gasteiger charge is -2.12. The summed E-state index contributed by atoms with van der Waals surface area (Å²) in [4.78, 5) is 12.5. The van der Waals surface area contributed by atoms with Crippen molar-refractivity contribution < 1.29 is 9.53 Å². The Morgan fingerprint density at radius 1 is 1.22 bits per heavy atom. The van der Waals surface area contributed by atoms with E-state index in [2.05, 4.69) is 6.07 Å². The number of nitrogens with two attached hydrogens (primary N) is 1. The first kappa shape index (κ1) is 17.0. The molecule has 6 nitrogen and oxygen atoms in total. The van der Waals surface area contributed by atoms with Gasteiger partial charge in [0.25, 0.3) is 0 Å². The van der Waals surface area contributed by atoms with Crippen LogP contribution < -0.4 is 5.73 Å². The summed E-state index contributed by atoms with van der Waals surface area (Å²) in [5.41, 5.74) is 13.0. The number of nitrogen functional groups attached to an aromatic ring is 1. The summed E-state index contributed by atoms with van der Waals surface area (Å²) in [5.74, 6) is -0.368. The van der Waals surface area contributed by atoms with Crippen LogP contribution in [0, 0.1) is 32.1 Å². The molecule has 0 fully saturated rings. The van der Waals surface area contributed by atoms with Gasteiger partial charge in [-0.25, -0.2) is 4.79 Å². The van der Waals surface area contributed by atoms with E-state index >= 15 is 0 Å². The maximum Gasteiger partial charge on any atom is 0.339 e. The topological polar surface area (TPSA) is 84.9 Å². The predicted molar refractivity (Wildman–Crippen MR) is 105 cm³/mol. The quantitative estimate of drug-likeness (QED) is 0.434. The highest BCUT2D eigenvalue weighted by molar-refractivity contribution is 6.05. The molecule has 0 amide bonds. The number of benzene rings is 1. The van der Waals surface area contributed by atoms with E-state index < -0.39 is 0 Å². The van der Waals surface area contributed by atoms with Crippen LogP contribution in [0.25, 0.3) is 22.1 Å². The van der Waals surface area contributed by atoms with E-state index in [-0.39, 0.29) is 5.97 Å².